The number of fused-ring (bicyclic) bond motifs is 1. The number of amides is 4. The van der Waals surface area contributed by atoms with Crippen LogP contribution in [0.5, 0.6) is 23.0 Å². The van der Waals surface area contributed by atoms with E-state index in [4.69, 9.17) is 28.4 Å². The second kappa shape index (κ2) is 13.9. The average molecular weight is 613 g/mol. The molecule has 12 nitrogen and oxygen atoms in total. The van der Waals surface area contributed by atoms with Crippen LogP contribution in [0, 0.1) is 11.8 Å². The summed E-state index contributed by atoms with van der Waals surface area (Å²) in [5.74, 6) is 1.86. The maximum absolute atomic E-state index is 12.7. The summed E-state index contributed by atoms with van der Waals surface area (Å²) in [6.45, 7) is 6.52. The SMILES string of the molecule is COc1ccc(CC(=O)N2C(=O)OCC2C(C)C)cc1OC.COc1ccc([C@@H]2CC(C)C3COC(=O)N3C2=O)cc1OC. The highest BCUT2D eigenvalue weighted by Gasteiger charge is 2.48. The Morgan fingerprint density at radius 3 is 2.05 bits per heavy atom. The highest BCUT2D eigenvalue weighted by molar-refractivity contribution is 5.98. The van der Waals surface area contributed by atoms with Crippen LogP contribution in [-0.4, -0.2) is 87.5 Å². The molecule has 3 aliphatic rings. The Labute approximate surface area is 257 Å². The lowest BCUT2D eigenvalue weighted by Gasteiger charge is -2.35. The van der Waals surface area contributed by atoms with E-state index < -0.39 is 12.2 Å². The first-order chi connectivity index (χ1) is 21.0. The Hall–Kier alpha value is -4.48. The van der Waals surface area contributed by atoms with E-state index in [0.717, 1.165) is 11.1 Å². The van der Waals surface area contributed by atoms with Crippen molar-refractivity contribution in [1.82, 2.24) is 9.80 Å². The van der Waals surface area contributed by atoms with Gasteiger partial charge in [-0.05, 0) is 53.6 Å². The molecule has 3 unspecified atom stereocenters. The molecule has 44 heavy (non-hydrogen) atoms. The van der Waals surface area contributed by atoms with Gasteiger partial charge in [-0.2, -0.15) is 0 Å². The summed E-state index contributed by atoms with van der Waals surface area (Å²) in [5.41, 5.74) is 1.58. The number of benzene rings is 2. The number of carbonyl (C=O) groups is 4. The van der Waals surface area contributed by atoms with E-state index in [1.54, 1.807) is 51.7 Å². The number of imide groups is 2. The van der Waals surface area contributed by atoms with E-state index in [-0.39, 0.29) is 54.7 Å². The van der Waals surface area contributed by atoms with Crippen molar-refractivity contribution in [2.45, 2.75) is 51.6 Å². The van der Waals surface area contributed by atoms with Crippen molar-refractivity contribution < 1.29 is 47.6 Å². The Morgan fingerprint density at radius 2 is 1.43 bits per heavy atom. The zero-order valence-electron chi connectivity index (χ0n) is 26.2. The van der Waals surface area contributed by atoms with E-state index in [1.807, 2.05) is 26.8 Å². The predicted octanol–water partition coefficient (Wildman–Crippen LogP) is 4.42. The average Bonchev–Trinajstić information content (AvgIpc) is 3.62. The minimum atomic E-state index is -0.566. The first-order valence-corrected chi connectivity index (χ1v) is 14.5. The van der Waals surface area contributed by atoms with E-state index in [2.05, 4.69) is 0 Å². The molecule has 3 saturated heterocycles. The van der Waals surface area contributed by atoms with Gasteiger partial charge in [-0.25, -0.2) is 19.4 Å². The van der Waals surface area contributed by atoms with Crippen LogP contribution in [0.3, 0.4) is 0 Å². The number of piperidine rings is 1. The lowest BCUT2D eigenvalue weighted by molar-refractivity contribution is -0.135. The molecule has 0 radical (unpaired) electrons. The molecule has 0 spiro atoms. The second-order valence-electron chi connectivity index (χ2n) is 11.3. The van der Waals surface area contributed by atoms with Gasteiger partial charge in [0.15, 0.2) is 23.0 Å². The topological polar surface area (TPSA) is 130 Å². The molecule has 0 N–H and O–H groups in total. The van der Waals surface area contributed by atoms with Crippen molar-refractivity contribution in [2.75, 3.05) is 41.7 Å². The first-order valence-electron chi connectivity index (χ1n) is 14.5. The maximum atomic E-state index is 12.7. The van der Waals surface area contributed by atoms with Gasteiger partial charge >= 0.3 is 12.2 Å². The van der Waals surface area contributed by atoms with Gasteiger partial charge in [-0.15, -0.1) is 0 Å². The minimum Gasteiger partial charge on any atom is -0.493 e. The number of ether oxygens (including phenoxy) is 6. The van der Waals surface area contributed by atoms with Gasteiger partial charge in [0.1, 0.15) is 13.2 Å². The van der Waals surface area contributed by atoms with E-state index in [0.29, 0.717) is 36.0 Å². The zero-order chi connectivity index (χ0) is 32.1. The first kappa shape index (κ1) is 32.4. The van der Waals surface area contributed by atoms with Crippen LogP contribution in [0.25, 0.3) is 0 Å². The fourth-order valence-electron chi connectivity index (χ4n) is 5.72. The van der Waals surface area contributed by atoms with Crippen molar-refractivity contribution in [1.29, 1.82) is 0 Å². The van der Waals surface area contributed by atoms with Gasteiger partial charge in [0, 0.05) is 0 Å². The van der Waals surface area contributed by atoms with E-state index in [1.165, 1.54) is 16.9 Å². The minimum absolute atomic E-state index is 0.110. The van der Waals surface area contributed by atoms with Gasteiger partial charge in [-0.3, -0.25) is 9.59 Å². The molecular weight excluding hydrogens is 572 g/mol. The lowest BCUT2D eigenvalue weighted by atomic mass is 9.81. The highest BCUT2D eigenvalue weighted by atomic mass is 16.6. The monoisotopic (exact) mass is 612 g/mol. The number of carbonyl (C=O) groups excluding carboxylic acids is 4. The quantitative estimate of drug-likeness (QED) is 0.422. The fraction of sp³-hybridized carbons (Fsp3) is 0.500. The van der Waals surface area contributed by atoms with Crippen molar-refractivity contribution >= 4 is 24.0 Å². The van der Waals surface area contributed by atoms with Gasteiger partial charge in [0.2, 0.25) is 11.8 Å². The third kappa shape index (κ3) is 6.53. The number of nitrogens with zero attached hydrogens (tertiary/aromatic N) is 2. The Morgan fingerprint density at radius 1 is 0.841 bits per heavy atom. The van der Waals surface area contributed by atoms with Crippen molar-refractivity contribution in [3.8, 4) is 23.0 Å². The maximum Gasteiger partial charge on any atom is 0.417 e. The van der Waals surface area contributed by atoms with Crippen molar-refractivity contribution in [3.05, 3.63) is 47.5 Å². The molecule has 0 aliphatic carbocycles. The summed E-state index contributed by atoms with van der Waals surface area (Å²) in [4.78, 5) is 51.2. The number of rotatable bonds is 8. The molecule has 238 valence electrons. The summed E-state index contributed by atoms with van der Waals surface area (Å²) in [7, 11) is 6.21. The van der Waals surface area contributed by atoms with Crippen LogP contribution in [0.4, 0.5) is 9.59 Å². The Bertz CT molecular complexity index is 1370. The third-order valence-corrected chi connectivity index (χ3v) is 8.26. The molecule has 0 aromatic heterocycles. The van der Waals surface area contributed by atoms with Crippen molar-refractivity contribution in [2.24, 2.45) is 11.8 Å². The summed E-state index contributed by atoms with van der Waals surface area (Å²) < 4.78 is 30.9. The summed E-state index contributed by atoms with van der Waals surface area (Å²) in [6.07, 6.45) is -0.304. The lowest BCUT2D eigenvalue weighted by Crippen LogP contribution is -2.49. The van der Waals surface area contributed by atoms with E-state index in [9.17, 15) is 19.2 Å². The highest BCUT2D eigenvalue weighted by Crippen LogP contribution is 2.40. The summed E-state index contributed by atoms with van der Waals surface area (Å²) in [6, 6.07) is 10.3. The van der Waals surface area contributed by atoms with Crippen LogP contribution < -0.4 is 18.9 Å². The molecule has 0 saturated carbocycles. The fourth-order valence-corrected chi connectivity index (χ4v) is 5.72. The van der Waals surface area contributed by atoms with Crippen LogP contribution in [0.15, 0.2) is 36.4 Å². The molecule has 2 aromatic rings. The zero-order valence-corrected chi connectivity index (χ0v) is 26.2. The molecule has 4 atom stereocenters. The van der Waals surface area contributed by atoms with Crippen molar-refractivity contribution in [3.63, 3.8) is 0 Å². The molecule has 12 heteroatoms. The smallest absolute Gasteiger partial charge is 0.417 e. The van der Waals surface area contributed by atoms with Crippen LogP contribution in [0.2, 0.25) is 0 Å². The molecule has 5 rings (SSSR count). The molecule has 0 bridgehead atoms. The van der Waals surface area contributed by atoms with Gasteiger partial charge in [-0.1, -0.05) is 32.9 Å². The summed E-state index contributed by atoms with van der Waals surface area (Å²) in [5, 5.41) is 0. The van der Waals surface area contributed by atoms with E-state index >= 15 is 0 Å². The number of cyclic esters (lactones) is 2. The predicted molar refractivity (Wildman–Crippen MR) is 158 cm³/mol. The summed E-state index contributed by atoms with van der Waals surface area (Å²) >= 11 is 0. The molecule has 3 heterocycles. The third-order valence-electron chi connectivity index (χ3n) is 8.26. The molecular formula is C32H40N2O10. The normalized spacial score (nSPS) is 22.5. The number of methoxy groups -OCH3 is 4. The molecule has 2 aromatic carbocycles. The van der Waals surface area contributed by atoms with Gasteiger partial charge in [0.25, 0.3) is 0 Å². The second-order valence-corrected chi connectivity index (χ2v) is 11.3. The number of hydrogen-bond acceptors (Lipinski definition) is 10. The van der Waals surface area contributed by atoms with Crippen LogP contribution in [0.1, 0.15) is 44.2 Å². The van der Waals surface area contributed by atoms with Gasteiger partial charge < -0.3 is 28.4 Å². The number of hydrogen-bond donors (Lipinski definition) is 0. The van der Waals surface area contributed by atoms with Crippen LogP contribution in [-0.2, 0) is 25.5 Å². The van der Waals surface area contributed by atoms with Crippen LogP contribution >= 0.6 is 0 Å². The van der Waals surface area contributed by atoms with Gasteiger partial charge in [0.05, 0.1) is 52.9 Å². The molecule has 3 aliphatic heterocycles. The molecule has 3 fully saturated rings. The molecule has 4 amide bonds. The largest absolute Gasteiger partial charge is 0.493 e. The standard InChI is InChI=1S/C16H19NO5.C16H21NO5/c1-9-6-11(15(18)17-12(9)8-22-16(17)19)10-4-5-13(20-2)14(7-10)21-3;1-10(2)12-9-22-16(19)17(12)15(18)8-11-5-6-13(20-3)14(7-11)21-4/h4-5,7,9,11-12H,6,8H2,1-3H3;5-7,10,12H,8-9H2,1-4H3/t9?,11-,12?;/m0./s1. The Kier molecular flexibility index (Phi) is 10.2. The Balaban J connectivity index is 0.000000201.